The molecular weight excluding hydrogens is 440 g/mol. The summed E-state index contributed by atoms with van der Waals surface area (Å²) in [5.74, 6) is 0.438. The van der Waals surface area contributed by atoms with Crippen LogP contribution in [0.4, 0.5) is 5.69 Å². The number of rotatable bonds is 8. The minimum absolute atomic E-state index is 0.174. The monoisotopic (exact) mass is 462 g/mol. The summed E-state index contributed by atoms with van der Waals surface area (Å²) in [6.07, 6.45) is 0. The van der Waals surface area contributed by atoms with Crippen molar-refractivity contribution in [2.75, 3.05) is 19.0 Å². The van der Waals surface area contributed by atoms with Crippen LogP contribution in [-0.4, -0.2) is 30.4 Å². The van der Waals surface area contributed by atoms with Crippen molar-refractivity contribution in [1.82, 2.24) is 4.90 Å². The SMILES string of the molecule is CCOc1ccc(C2=C(Nc3ccc(OC)c(Cl)c3)C(=O)N(Cc3ccccc3)C2=O)cc1. The third kappa shape index (κ3) is 4.71. The molecule has 0 spiro atoms. The van der Waals surface area contributed by atoms with E-state index in [-0.39, 0.29) is 18.1 Å². The Labute approximate surface area is 197 Å². The number of nitrogens with zero attached hydrogens (tertiary/aromatic N) is 1. The lowest BCUT2D eigenvalue weighted by molar-refractivity contribution is -0.137. The Morgan fingerprint density at radius 1 is 0.939 bits per heavy atom. The first kappa shape index (κ1) is 22.4. The standard InChI is InChI=1S/C26H23ClN2O4/c1-3-33-20-12-9-18(10-13-20)23-24(28-19-11-14-22(32-2)21(27)15-19)26(31)29(25(23)30)16-17-7-5-4-6-8-17/h4-15,28H,3,16H2,1-2H3. The van der Waals surface area contributed by atoms with Gasteiger partial charge >= 0.3 is 0 Å². The highest BCUT2D eigenvalue weighted by atomic mass is 35.5. The van der Waals surface area contributed by atoms with Crippen LogP contribution in [0, 0.1) is 0 Å². The van der Waals surface area contributed by atoms with E-state index in [9.17, 15) is 9.59 Å². The molecule has 6 nitrogen and oxygen atoms in total. The fraction of sp³-hybridized carbons (Fsp3) is 0.154. The second-order valence-corrected chi connectivity index (χ2v) is 7.77. The molecule has 168 valence electrons. The van der Waals surface area contributed by atoms with Gasteiger partial charge in [0.15, 0.2) is 0 Å². The number of nitrogens with one attached hydrogen (secondary N) is 1. The highest BCUT2D eigenvalue weighted by molar-refractivity contribution is 6.36. The number of methoxy groups -OCH3 is 1. The molecule has 1 N–H and O–H groups in total. The second kappa shape index (κ2) is 9.79. The van der Waals surface area contributed by atoms with Crippen molar-refractivity contribution < 1.29 is 19.1 Å². The molecule has 1 aliphatic heterocycles. The van der Waals surface area contributed by atoms with Crippen LogP contribution in [0.25, 0.3) is 5.57 Å². The molecule has 0 saturated carbocycles. The van der Waals surface area contributed by atoms with Crippen molar-refractivity contribution in [2.24, 2.45) is 0 Å². The minimum Gasteiger partial charge on any atom is -0.495 e. The van der Waals surface area contributed by atoms with Crippen LogP contribution < -0.4 is 14.8 Å². The number of imide groups is 1. The summed E-state index contributed by atoms with van der Waals surface area (Å²) in [7, 11) is 1.53. The Morgan fingerprint density at radius 2 is 1.67 bits per heavy atom. The smallest absolute Gasteiger partial charge is 0.278 e. The number of ether oxygens (including phenoxy) is 2. The maximum atomic E-state index is 13.4. The van der Waals surface area contributed by atoms with Crippen molar-refractivity contribution in [3.05, 3.63) is 94.6 Å². The normalized spacial score (nSPS) is 13.5. The van der Waals surface area contributed by atoms with Crippen molar-refractivity contribution in [2.45, 2.75) is 13.5 Å². The summed E-state index contributed by atoms with van der Waals surface area (Å²) < 4.78 is 10.7. The molecule has 0 bridgehead atoms. The van der Waals surface area contributed by atoms with Gasteiger partial charge in [-0.2, -0.15) is 0 Å². The van der Waals surface area contributed by atoms with Crippen molar-refractivity contribution in [3.8, 4) is 11.5 Å². The molecule has 0 fully saturated rings. The van der Waals surface area contributed by atoms with E-state index in [0.29, 0.717) is 40.0 Å². The number of hydrogen-bond donors (Lipinski definition) is 1. The zero-order valence-corrected chi connectivity index (χ0v) is 19.1. The molecule has 0 atom stereocenters. The minimum atomic E-state index is -0.403. The number of anilines is 1. The Morgan fingerprint density at radius 3 is 2.30 bits per heavy atom. The molecule has 3 aromatic rings. The van der Waals surface area contributed by atoms with Gasteiger partial charge in [0.25, 0.3) is 11.8 Å². The van der Waals surface area contributed by atoms with Gasteiger partial charge in [-0.15, -0.1) is 0 Å². The maximum absolute atomic E-state index is 13.4. The summed E-state index contributed by atoms with van der Waals surface area (Å²) in [6, 6.07) is 21.6. The topological polar surface area (TPSA) is 67.9 Å². The molecule has 0 aliphatic carbocycles. The number of hydrogen-bond acceptors (Lipinski definition) is 5. The summed E-state index contributed by atoms with van der Waals surface area (Å²) in [5.41, 5.74) is 2.54. The van der Waals surface area contributed by atoms with Crippen LogP contribution in [-0.2, 0) is 16.1 Å². The third-order valence-electron chi connectivity index (χ3n) is 5.23. The lowest BCUT2D eigenvalue weighted by atomic mass is 10.0. The van der Waals surface area contributed by atoms with Gasteiger partial charge in [-0.3, -0.25) is 14.5 Å². The van der Waals surface area contributed by atoms with E-state index >= 15 is 0 Å². The lowest BCUT2D eigenvalue weighted by Crippen LogP contribution is -2.31. The van der Waals surface area contributed by atoms with Crippen LogP contribution in [0.5, 0.6) is 11.5 Å². The van der Waals surface area contributed by atoms with Gasteiger partial charge in [0.05, 0.1) is 30.9 Å². The Balaban J connectivity index is 1.72. The lowest BCUT2D eigenvalue weighted by Gasteiger charge is -2.15. The Hall–Kier alpha value is -3.77. The molecule has 0 aromatic heterocycles. The molecule has 4 rings (SSSR count). The van der Waals surface area contributed by atoms with E-state index in [1.165, 1.54) is 12.0 Å². The van der Waals surface area contributed by atoms with E-state index in [0.717, 1.165) is 5.56 Å². The number of carbonyl (C=O) groups is 2. The number of halogens is 1. The first-order valence-electron chi connectivity index (χ1n) is 10.5. The van der Waals surface area contributed by atoms with Crippen LogP contribution >= 0.6 is 11.6 Å². The number of carbonyl (C=O) groups excluding carboxylic acids is 2. The molecule has 0 saturated heterocycles. The number of amides is 2. The zero-order chi connectivity index (χ0) is 23.4. The van der Waals surface area contributed by atoms with Crippen LogP contribution in [0.15, 0.2) is 78.5 Å². The van der Waals surface area contributed by atoms with Gasteiger partial charge in [-0.05, 0) is 48.4 Å². The van der Waals surface area contributed by atoms with Gasteiger partial charge in [0.2, 0.25) is 0 Å². The molecule has 1 aliphatic rings. The first-order chi connectivity index (χ1) is 16.0. The van der Waals surface area contributed by atoms with Gasteiger partial charge in [-0.25, -0.2) is 0 Å². The third-order valence-corrected chi connectivity index (χ3v) is 5.52. The van der Waals surface area contributed by atoms with Gasteiger partial charge in [0, 0.05) is 5.69 Å². The predicted molar refractivity (Wildman–Crippen MR) is 128 cm³/mol. The average molecular weight is 463 g/mol. The van der Waals surface area contributed by atoms with Crippen LogP contribution in [0.3, 0.4) is 0 Å². The first-order valence-corrected chi connectivity index (χ1v) is 10.9. The van der Waals surface area contributed by atoms with Gasteiger partial charge in [0.1, 0.15) is 17.2 Å². The maximum Gasteiger partial charge on any atom is 0.278 e. The van der Waals surface area contributed by atoms with Crippen molar-refractivity contribution in [3.63, 3.8) is 0 Å². The highest BCUT2D eigenvalue weighted by Crippen LogP contribution is 2.34. The summed E-state index contributed by atoms with van der Waals surface area (Å²) in [6.45, 7) is 2.61. The average Bonchev–Trinajstić information content (AvgIpc) is 3.05. The Kier molecular flexibility index (Phi) is 6.66. The van der Waals surface area contributed by atoms with E-state index in [1.807, 2.05) is 37.3 Å². The Bertz CT molecular complexity index is 1210. The van der Waals surface area contributed by atoms with E-state index in [1.54, 1.807) is 42.5 Å². The molecule has 33 heavy (non-hydrogen) atoms. The fourth-order valence-corrected chi connectivity index (χ4v) is 3.90. The summed E-state index contributed by atoms with van der Waals surface area (Å²) in [5, 5.41) is 3.51. The molecule has 2 amide bonds. The fourth-order valence-electron chi connectivity index (χ4n) is 3.64. The van der Waals surface area contributed by atoms with Crippen LogP contribution in [0.1, 0.15) is 18.1 Å². The zero-order valence-electron chi connectivity index (χ0n) is 18.3. The number of benzene rings is 3. The molecule has 0 unspecified atom stereocenters. The quantitative estimate of drug-likeness (QED) is 0.469. The van der Waals surface area contributed by atoms with E-state index < -0.39 is 5.91 Å². The van der Waals surface area contributed by atoms with E-state index in [2.05, 4.69) is 5.32 Å². The molecule has 1 heterocycles. The summed E-state index contributed by atoms with van der Waals surface area (Å²) in [4.78, 5) is 28.1. The molecule has 7 heteroatoms. The van der Waals surface area contributed by atoms with Gasteiger partial charge in [-0.1, -0.05) is 54.1 Å². The second-order valence-electron chi connectivity index (χ2n) is 7.36. The van der Waals surface area contributed by atoms with Crippen molar-refractivity contribution in [1.29, 1.82) is 0 Å². The highest BCUT2D eigenvalue weighted by Gasteiger charge is 2.39. The van der Waals surface area contributed by atoms with E-state index in [4.69, 9.17) is 21.1 Å². The predicted octanol–water partition coefficient (Wildman–Crippen LogP) is 5.14. The van der Waals surface area contributed by atoms with Crippen LogP contribution in [0.2, 0.25) is 5.02 Å². The molecule has 3 aromatic carbocycles. The molecular formula is C26H23ClN2O4. The largest absolute Gasteiger partial charge is 0.495 e. The summed E-state index contributed by atoms with van der Waals surface area (Å²) >= 11 is 6.26. The molecule has 0 radical (unpaired) electrons. The van der Waals surface area contributed by atoms with Crippen molar-refractivity contribution >= 4 is 34.7 Å². The van der Waals surface area contributed by atoms with Gasteiger partial charge < -0.3 is 14.8 Å².